The van der Waals surface area contributed by atoms with Crippen molar-refractivity contribution in [3.8, 4) is 0 Å². The van der Waals surface area contributed by atoms with Gasteiger partial charge in [0.1, 0.15) is 11.9 Å². The SMILES string of the molecule is C/C=N\C(=C/C)NC(=O)C(COCc1ccccc1)NC(=O)C(C)(C)N. The summed E-state index contributed by atoms with van der Waals surface area (Å²) in [4.78, 5) is 28.8. The average molecular weight is 360 g/mol. The van der Waals surface area contributed by atoms with E-state index in [4.69, 9.17) is 10.5 Å². The van der Waals surface area contributed by atoms with Gasteiger partial charge in [0.2, 0.25) is 5.91 Å². The van der Waals surface area contributed by atoms with Crippen LogP contribution in [0.2, 0.25) is 0 Å². The second kappa shape index (κ2) is 10.5. The Kier molecular flexibility index (Phi) is 8.67. The van der Waals surface area contributed by atoms with Gasteiger partial charge >= 0.3 is 0 Å². The first-order valence-electron chi connectivity index (χ1n) is 8.45. The second-order valence-corrected chi connectivity index (χ2v) is 6.30. The summed E-state index contributed by atoms with van der Waals surface area (Å²) in [5.41, 5.74) is 5.67. The normalized spacial score (nSPS) is 13.5. The van der Waals surface area contributed by atoms with Gasteiger partial charge < -0.3 is 21.1 Å². The molecule has 1 atom stereocenters. The molecular weight excluding hydrogens is 332 g/mol. The molecule has 0 saturated carbocycles. The van der Waals surface area contributed by atoms with E-state index >= 15 is 0 Å². The number of hydrogen-bond acceptors (Lipinski definition) is 5. The largest absolute Gasteiger partial charge is 0.374 e. The van der Waals surface area contributed by atoms with Gasteiger partial charge in [0.25, 0.3) is 5.91 Å². The number of nitrogens with one attached hydrogen (secondary N) is 2. The molecule has 4 N–H and O–H groups in total. The van der Waals surface area contributed by atoms with Gasteiger partial charge in [-0.2, -0.15) is 0 Å². The molecule has 0 bridgehead atoms. The van der Waals surface area contributed by atoms with E-state index in [1.54, 1.807) is 40.0 Å². The third-order valence-electron chi connectivity index (χ3n) is 3.40. The van der Waals surface area contributed by atoms with Crippen LogP contribution in [-0.2, 0) is 20.9 Å². The van der Waals surface area contributed by atoms with Crippen LogP contribution >= 0.6 is 0 Å². The third kappa shape index (κ3) is 7.58. The number of hydrogen-bond donors (Lipinski definition) is 3. The highest BCUT2D eigenvalue weighted by Crippen LogP contribution is 2.03. The van der Waals surface area contributed by atoms with Gasteiger partial charge in [-0.3, -0.25) is 9.59 Å². The molecule has 0 aliphatic rings. The first kappa shape index (κ1) is 21.5. The Morgan fingerprint density at radius 2 is 1.92 bits per heavy atom. The lowest BCUT2D eigenvalue weighted by molar-refractivity contribution is -0.132. The predicted octanol–water partition coefficient (Wildman–Crippen LogP) is 1.49. The average Bonchev–Trinajstić information content (AvgIpc) is 2.60. The molecule has 0 fully saturated rings. The summed E-state index contributed by atoms with van der Waals surface area (Å²) in [6, 6.07) is 8.67. The van der Waals surface area contributed by atoms with E-state index in [2.05, 4.69) is 15.6 Å². The fraction of sp³-hybridized carbons (Fsp3) is 0.421. The summed E-state index contributed by atoms with van der Waals surface area (Å²) in [6.07, 6.45) is 3.23. The molecule has 0 heterocycles. The van der Waals surface area contributed by atoms with Crippen LogP contribution in [0.25, 0.3) is 0 Å². The van der Waals surface area contributed by atoms with Crippen molar-refractivity contribution in [2.45, 2.75) is 45.9 Å². The molecule has 26 heavy (non-hydrogen) atoms. The van der Waals surface area contributed by atoms with E-state index in [1.807, 2.05) is 30.3 Å². The van der Waals surface area contributed by atoms with Crippen molar-refractivity contribution in [2.24, 2.45) is 10.7 Å². The molecule has 142 valence electrons. The number of nitrogens with two attached hydrogens (primary N) is 1. The van der Waals surface area contributed by atoms with Crippen LogP contribution in [0.4, 0.5) is 0 Å². The van der Waals surface area contributed by atoms with Crippen molar-refractivity contribution in [3.05, 3.63) is 47.8 Å². The Morgan fingerprint density at radius 3 is 2.46 bits per heavy atom. The Balaban J connectivity index is 2.77. The van der Waals surface area contributed by atoms with Gasteiger partial charge in [-0.05, 0) is 39.3 Å². The highest BCUT2D eigenvalue weighted by atomic mass is 16.5. The Bertz CT molecular complexity index is 648. The summed E-state index contributed by atoms with van der Waals surface area (Å²) in [5, 5.41) is 5.30. The molecule has 0 aromatic heterocycles. The molecule has 1 aromatic rings. The fourth-order valence-electron chi connectivity index (χ4n) is 1.93. The molecule has 0 radical (unpaired) electrons. The lowest BCUT2D eigenvalue weighted by atomic mass is 10.1. The Morgan fingerprint density at radius 1 is 1.27 bits per heavy atom. The molecule has 0 aliphatic heterocycles. The maximum Gasteiger partial charge on any atom is 0.250 e. The molecule has 7 nitrogen and oxygen atoms in total. The summed E-state index contributed by atoms with van der Waals surface area (Å²) >= 11 is 0. The monoisotopic (exact) mass is 360 g/mol. The number of nitrogens with zero attached hydrogens (tertiary/aromatic N) is 1. The van der Waals surface area contributed by atoms with Crippen molar-refractivity contribution in [3.63, 3.8) is 0 Å². The number of benzene rings is 1. The van der Waals surface area contributed by atoms with Crippen molar-refractivity contribution in [1.29, 1.82) is 0 Å². The zero-order valence-corrected chi connectivity index (χ0v) is 15.8. The van der Waals surface area contributed by atoms with E-state index in [0.717, 1.165) is 5.56 Å². The fourth-order valence-corrected chi connectivity index (χ4v) is 1.93. The number of aliphatic imine (C=N–C) groups is 1. The highest BCUT2D eigenvalue weighted by Gasteiger charge is 2.28. The van der Waals surface area contributed by atoms with Crippen LogP contribution in [0.5, 0.6) is 0 Å². The van der Waals surface area contributed by atoms with Gasteiger partial charge in [-0.15, -0.1) is 0 Å². The molecular formula is C19H28N4O3. The third-order valence-corrected chi connectivity index (χ3v) is 3.40. The summed E-state index contributed by atoms with van der Waals surface area (Å²) in [5.74, 6) is -0.469. The summed E-state index contributed by atoms with van der Waals surface area (Å²) < 4.78 is 5.62. The number of amides is 2. The van der Waals surface area contributed by atoms with Crippen molar-refractivity contribution in [1.82, 2.24) is 10.6 Å². The van der Waals surface area contributed by atoms with Crippen molar-refractivity contribution >= 4 is 18.0 Å². The van der Waals surface area contributed by atoms with Gasteiger partial charge in [0.05, 0.1) is 18.8 Å². The van der Waals surface area contributed by atoms with Crippen LogP contribution in [0.1, 0.15) is 33.3 Å². The molecule has 1 unspecified atom stereocenters. The minimum Gasteiger partial charge on any atom is -0.374 e. The van der Waals surface area contributed by atoms with Crippen LogP contribution in [0.3, 0.4) is 0 Å². The highest BCUT2D eigenvalue weighted by molar-refractivity contribution is 5.92. The molecule has 1 rings (SSSR count). The molecule has 0 aliphatic carbocycles. The van der Waals surface area contributed by atoms with Gasteiger partial charge in [0.15, 0.2) is 0 Å². The number of rotatable bonds is 9. The van der Waals surface area contributed by atoms with E-state index in [9.17, 15) is 9.59 Å². The number of carbonyl (C=O) groups is 2. The number of ether oxygens (including phenoxy) is 1. The number of carbonyl (C=O) groups excluding carboxylic acids is 2. The second-order valence-electron chi connectivity index (χ2n) is 6.30. The summed E-state index contributed by atoms with van der Waals surface area (Å²) in [6.45, 7) is 6.98. The van der Waals surface area contributed by atoms with Gasteiger partial charge in [0, 0.05) is 6.21 Å². The number of allylic oxidation sites excluding steroid dienone is 1. The molecule has 2 amide bonds. The van der Waals surface area contributed by atoms with Crippen LogP contribution in [0.15, 0.2) is 47.2 Å². The summed E-state index contributed by atoms with van der Waals surface area (Å²) in [7, 11) is 0. The van der Waals surface area contributed by atoms with Crippen LogP contribution in [0, 0.1) is 0 Å². The maximum atomic E-state index is 12.5. The van der Waals surface area contributed by atoms with Gasteiger partial charge in [-0.1, -0.05) is 30.3 Å². The van der Waals surface area contributed by atoms with E-state index in [0.29, 0.717) is 12.4 Å². The van der Waals surface area contributed by atoms with E-state index in [1.165, 1.54) is 0 Å². The molecule has 0 saturated heterocycles. The molecule has 1 aromatic carbocycles. The quantitative estimate of drug-likeness (QED) is 0.580. The minimum absolute atomic E-state index is 0.00931. The van der Waals surface area contributed by atoms with E-state index < -0.39 is 23.4 Å². The lowest BCUT2D eigenvalue weighted by Crippen LogP contribution is -2.57. The Labute approximate surface area is 154 Å². The van der Waals surface area contributed by atoms with E-state index in [-0.39, 0.29) is 6.61 Å². The lowest BCUT2D eigenvalue weighted by Gasteiger charge is -2.24. The molecule has 0 spiro atoms. The smallest absolute Gasteiger partial charge is 0.250 e. The zero-order valence-electron chi connectivity index (χ0n) is 15.8. The van der Waals surface area contributed by atoms with Crippen molar-refractivity contribution < 1.29 is 14.3 Å². The first-order valence-corrected chi connectivity index (χ1v) is 8.45. The standard InChI is InChI=1S/C19H28N4O3/c1-5-16(21-6-2)23-17(24)15(22-18(25)19(3,4)20)13-26-12-14-10-8-7-9-11-14/h5-11,15H,12-13,20H2,1-4H3,(H,22,25)(H,23,24)/b16-5+,21-6-. The zero-order chi connectivity index (χ0) is 19.6. The van der Waals surface area contributed by atoms with Crippen LogP contribution in [-0.4, -0.2) is 36.2 Å². The minimum atomic E-state index is -1.11. The van der Waals surface area contributed by atoms with Gasteiger partial charge in [-0.25, -0.2) is 4.99 Å². The van der Waals surface area contributed by atoms with Crippen LogP contribution < -0.4 is 16.4 Å². The maximum absolute atomic E-state index is 12.5. The first-order chi connectivity index (χ1) is 12.3. The Hall–Kier alpha value is -2.51. The van der Waals surface area contributed by atoms with Crippen molar-refractivity contribution in [2.75, 3.05) is 6.61 Å². The molecule has 7 heteroatoms. The predicted molar refractivity (Wildman–Crippen MR) is 102 cm³/mol. The topological polar surface area (TPSA) is 106 Å².